The summed E-state index contributed by atoms with van der Waals surface area (Å²) >= 11 is 1.68. The smallest absolute Gasteiger partial charge is 0.315 e. The van der Waals surface area contributed by atoms with Crippen LogP contribution < -0.4 is 10.6 Å². The van der Waals surface area contributed by atoms with Crippen molar-refractivity contribution in [1.82, 2.24) is 10.6 Å². The van der Waals surface area contributed by atoms with Crippen LogP contribution in [-0.4, -0.2) is 31.8 Å². The first-order valence-corrected chi connectivity index (χ1v) is 6.92. The monoisotopic (exact) mass is 254 g/mol. The van der Waals surface area contributed by atoms with Crippen molar-refractivity contribution in [3.05, 3.63) is 22.4 Å². The van der Waals surface area contributed by atoms with E-state index in [1.807, 2.05) is 0 Å². The van der Waals surface area contributed by atoms with Crippen LogP contribution in [0.2, 0.25) is 0 Å². The highest BCUT2D eigenvalue weighted by molar-refractivity contribution is 7.07. The molecule has 2 N–H and O–H groups in total. The molecule has 0 aliphatic carbocycles. The number of nitrogens with one attached hydrogen (secondary N) is 2. The first-order chi connectivity index (χ1) is 8.34. The van der Waals surface area contributed by atoms with Crippen molar-refractivity contribution in [2.45, 2.75) is 25.3 Å². The van der Waals surface area contributed by atoms with Crippen molar-refractivity contribution < 1.29 is 9.53 Å². The zero-order valence-corrected chi connectivity index (χ0v) is 10.6. The predicted octanol–water partition coefficient (Wildman–Crippen LogP) is 1.77. The van der Waals surface area contributed by atoms with E-state index in [-0.39, 0.29) is 12.1 Å². The second kappa shape index (κ2) is 6.61. The highest BCUT2D eigenvalue weighted by Gasteiger charge is 2.15. The van der Waals surface area contributed by atoms with E-state index in [2.05, 4.69) is 27.5 Å². The standard InChI is InChI=1S/C12H18N2O2S/c15-12(14-11-2-1-6-16-8-11)13-5-3-10-4-7-17-9-10/h4,7,9,11H,1-3,5-6,8H2,(H2,13,14,15). The van der Waals surface area contributed by atoms with Crippen LogP contribution in [0.3, 0.4) is 0 Å². The molecule has 0 aromatic carbocycles. The quantitative estimate of drug-likeness (QED) is 0.860. The van der Waals surface area contributed by atoms with Gasteiger partial charge in [0.05, 0.1) is 12.6 Å². The van der Waals surface area contributed by atoms with Crippen LogP contribution in [-0.2, 0) is 11.2 Å². The lowest BCUT2D eigenvalue weighted by molar-refractivity contribution is 0.0732. The average Bonchev–Trinajstić information content (AvgIpc) is 2.83. The van der Waals surface area contributed by atoms with Crippen LogP contribution >= 0.6 is 11.3 Å². The molecule has 2 amide bonds. The number of urea groups is 1. The Kier molecular flexibility index (Phi) is 4.82. The van der Waals surface area contributed by atoms with E-state index < -0.39 is 0 Å². The summed E-state index contributed by atoms with van der Waals surface area (Å²) in [5.74, 6) is 0. The van der Waals surface area contributed by atoms with E-state index in [0.717, 1.165) is 25.9 Å². The number of rotatable bonds is 4. The largest absolute Gasteiger partial charge is 0.379 e. The molecule has 2 heterocycles. The molecule has 5 heteroatoms. The van der Waals surface area contributed by atoms with Crippen LogP contribution in [0.4, 0.5) is 4.79 Å². The van der Waals surface area contributed by atoms with Gasteiger partial charge in [-0.1, -0.05) is 0 Å². The maximum absolute atomic E-state index is 11.6. The highest BCUT2D eigenvalue weighted by atomic mass is 32.1. The SMILES string of the molecule is O=C(NCCc1ccsc1)NC1CCCOC1. The third kappa shape index (κ3) is 4.36. The lowest BCUT2D eigenvalue weighted by Gasteiger charge is -2.23. The van der Waals surface area contributed by atoms with Gasteiger partial charge in [-0.2, -0.15) is 11.3 Å². The summed E-state index contributed by atoms with van der Waals surface area (Å²) in [6.45, 7) is 2.13. The number of thiophene rings is 1. The molecule has 1 unspecified atom stereocenters. The molecule has 0 bridgehead atoms. The molecule has 1 aromatic rings. The number of amides is 2. The van der Waals surface area contributed by atoms with Crippen molar-refractivity contribution >= 4 is 17.4 Å². The highest BCUT2D eigenvalue weighted by Crippen LogP contribution is 2.06. The first-order valence-electron chi connectivity index (χ1n) is 5.98. The number of ether oxygens (including phenoxy) is 1. The van der Waals surface area contributed by atoms with Gasteiger partial charge in [-0.25, -0.2) is 4.79 Å². The number of carbonyl (C=O) groups excluding carboxylic acids is 1. The minimum absolute atomic E-state index is 0.0873. The molecule has 1 aromatic heterocycles. The van der Waals surface area contributed by atoms with Crippen molar-refractivity contribution in [2.75, 3.05) is 19.8 Å². The molecule has 1 fully saturated rings. The molecule has 1 aliphatic rings. The topological polar surface area (TPSA) is 50.4 Å². The van der Waals surface area contributed by atoms with Gasteiger partial charge >= 0.3 is 6.03 Å². The fourth-order valence-electron chi connectivity index (χ4n) is 1.85. The molecule has 0 saturated carbocycles. The predicted molar refractivity (Wildman–Crippen MR) is 68.4 cm³/mol. The molecule has 17 heavy (non-hydrogen) atoms. The summed E-state index contributed by atoms with van der Waals surface area (Å²) in [5, 5.41) is 9.95. The summed E-state index contributed by atoms with van der Waals surface area (Å²) in [7, 11) is 0. The van der Waals surface area contributed by atoms with Crippen molar-refractivity contribution in [3.8, 4) is 0 Å². The van der Waals surface area contributed by atoms with Gasteiger partial charge in [0.15, 0.2) is 0 Å². The molecular weight excluding hydrogens is 236 g/mol. The summed E-state index contributed by atoms with van der Waals surface area (Å²) < 4.78 is 5.31. The summed E-state index contributed by atoms with van der Waals surface area (Å²) in [5.41, 5.74) is 1.27. The molecule has 1 saturated heterocycles. The van der Waals surface area contributed by atoms with Crippen molar-refractivity contribution in [1.29, 1.82) is 0 Å². The minimum atomic E-state index is -0.0873. The Balaban J connectivity index is 1.60. The number of hydrogen-bond donors (Lipinski definition) is 2. The average molecular weight is 254 g/mol. The van der Waals surface area contributed by atoms with Gasteiger partial charge < -0.3 is 15.4 Å². The van der Waals surface area contributed by atoms with Gasteiger partial charge in [-0.15, -0.1) is 0 Å². The van der Waals surface area contributed by atoms with E-state index in [1.165, 1.54) is 5.56 Å². The molecule has 1 aliphatic heterocycles. The molecular formula is C12H18N2O2S. The summed E-state index contributed by atoms with van der Waals surface area (Å²) in [4.78, 5) is 11.6. The van der Waals surface area contributed by atoms with E-state index in [4.69, 9.17) is 4.74 Å². The Hall–Kier alpha value is -1.07. The fourth-order valence-corrected chi connectivity index (χ4v) is 2.55. The minimum Gasteiger partial charge on any atom is -0.379 e. The van der Waals surface area contributed by atoms with Gasteiger partial charge in [0, 0.05) is 13.2 Å². The Morgan fingerprint density at radius 1 is 1.59 bits per heavy atom. The zero-order chi connectivity index (χ0) is 11.9. The van der Waals surface area contributed by atoms with Crippen LogP contribution in [0.15, 0.2) is 16.8 Å². The van der Waals surface area contributed by atoms with E-state index >= 15 is 0 Å². The second-order valence-electron chi connectivity index (χ2n) is 4.20. The van der Waals surface area contributed by atoms with Crippen LogP contribution in [0.1, 0.15) is 18.4 Å². The van der Waals surface area contributed by atoms with E-state index in [9.17, 15) is 4.79 Å². The van der Waals surface area contributed by atoms with Gasteiger partial charge in [-0.05, 0) is 41.7 Å². The number of carbonyl (C=O) groups is 1. The van der Waals surface area contributed by atoms with Crippen LogP contribution in [0, 0.1) is 0 Å². The fraction of sp³-hybridized carbons (Fsp3) is 0.583. The molecule has 94 valence electrons. The second-order valence-corrected chi connectivity index (χ2v) is 4.98. The van der Waals surface area contributed by atoms with Crippen LogP contribution in [0.25, 0.3) is 0 Å². The normalized spacial score (nSPS) is 19.9. The maximum Gasteiger partial charge on any atom is 0.315 e. The Morgan fingerprint density at radius 2 is 2.53 bits per heavy atom. The Labute approximate surface area is 105 Å². The Bertz CT molecular complexity index is 334. The van der Waals surface area contributed by atoms with Gasteiger partial charge in [0.2, 0.25) is 0 Å². The third-order valence-corrected chi connectivity index (χ3v) is 3.51. The summed E-state index contributed by atoms with van der Waals surface area (Å²) in [6.07, 6.45) is 2.93. The maximum atomic E-state index is 11.6. The third-order valence-electron chi connectivity index (χ3n) is 2.77. The molecule has 0 spiro atoms. The molecule has 0 radical (unpaired) electrons. The number of hydrogen-bond acceptors (Lipinski definition) is 3. The van der Waals surface area contributed by atoms with E-state index in [0.29, 0.717) is 13.2 Å². The molecule has 2 rings (SSSR count). The van der Waals surface area contributed by atoms with Gasteiger partial charge in [-0.3, -0.25) is 0 Å². The lowest BCUT2D eigenvalue weighted by atomic mass is 10.1. The zero-order valence-electron chi connectivity index (χ0n) is 9.78. The van der Waals surface area contributed by atoms with Crippen LogP contribution in [0.5, 0.6) is 0 Å². The molecule has 4 nitrogen and oxygen atoms in total. The van der Waals surface area contributed by atoms with Gasteiger partial charge in [0.1, 0.15) is 0 Å². The molecule has 1 atom stereocenters. The van der Waals surface area contributed by atoms with Crippen molar-refractivity contribution in [2.24, 2.45) is 0 Å². The lowest BCUT2D eigenvalue weighted by Crippen LogP contribution is -2.46. The first kappa shape index (κ1) is 12.4. The van der Waals surface area contributed by atoms with E-state index in [1.54, 1.807) is 11.3 Å². The Morgan fingerprint density at radius 3 is 3.24 bits per heavy atom. The van der Waals surface area contributed by atoms with Crippen molar-refractivity contribution in [3.63, 3.8) is 0 Å². The summed E-state index contributed by atoms with van der Waals surface area (Å²) in [6, 6.07) is 2.17. The van der Waals surface area contributed by atoms with Gasteiger partial charge in [0.25, 0.3) is 0 Å².